The average molecular weight is 237 g/mol. The molecule has 0 aromatic heterocycles. The molecule has 0 fully saturated rings. The molecule has 12 heavy (non-hydrogen) atoms. The van der Waals surface area contributed by atoms with Crippen molar-refractivity contribution >= 4 is 5.69 Å². The smallest absolute Gasteiger partial charge is 0 e. The van der Waals surface area contributed by atoms with E-state index in [0.29, 0.717) is 5.92 Å². The van der Waals surface area contributed by atoms with Crippen molar-refractivity contribution in [2.45, 2.75) is 19.8 Å². The molecule has 0 aliphatic heterocycles. The number of hydrogen-bond acceptors (Lipinski definition) is 1. The zero-order valence-electron chi connectivity index (χ0n) is 7.89. The van der Waals surface area contributed by atoms with Crippen LogP contribution in [0.25, 0.3) is 0 Å². The summed E-state index contributed by atoms with van der Waals surface area (Å²) in [5.74, 6) is 0.570. The van der Waals surface area contributed by atoms with E-state index in [1.165, 1.54) is 5.56 Å². The first kappa shape index (κ1) is 12.1. The maximum Gasteiger partial charge on any atom is 0 e. The van der Waals surface area contributed by atoms with Gasteiger partial charge in [0.2, 0.25) is 0 Å². The number of anilines is 1. The summed E-state index contributed by atoms with van der Waals surface area (Å²) in [6, 6.07) is 9.39. The van der Waals surface area contributed by atoms with Crippen LogP contribution in [0.15, 0.2) is 18.2 Å². The molecule has 0 bridgehead atoms. The van der Waals surface area contributed by atoms with Crippen LogP contribution >= 0.6 is 0 Å². The normalized spacial score (nSPS) is 9.33. The summed E-state index contributed by atoms with van der Waals surface area (Å²) >= 11 is 0. The fourth-order valence-corrected chi connectivity index (χ4v) is 0.951. The molecule has 0 amide bonds. The molecule has 0 unspecified atom stereocenters. The van der Waals surface area contributed by atoms with Crippen molar-refractivity contribution < 1.29 is 32.7 Å². The average Bonchev–Trinajstić information content (AvgIpc) is 2.05. The second kappa shape index (κ2) is 5.72. The van der Waals surface area contributed by atoms with Crippen LogP contribution in [0.3, 0.4) is 0 Å². The molecule has 2 heteroatoms. The minimum atomic E-state index is 0. The van der Waals surface area contributed by atoms with Crippen LogP contribution in [0.4, 0.5) is 5.69 Å². The van der Waals surface area contributed by atoms with Crippen molar-refractivity contribution in [3.63, 3.8) is 0 Å². The largest absolute Gasteiger partial charge is 0.439 e. The Hall–Kier alpha value is 0.124. The molecule has 0 saturated carbocycles. The van der Waals surface area contributed by atoms with Crippen LogP contribution in [0, 0.1) is 6.07 Å². The molecular weight excluding hydrogens is 223 g/mol. The maximum absolute atomic E-state index is 3.22. The molecule has 1 aromatic carbocycles. The van der Waals surface area contributed by atoms with Crippen LogP contribution in [0.1, 0.15) is 25.3 Å². The second-order valence-electron chi connectivity index (χ2n) is 2.94. The Morgan fingerprint density at radius 3 is 2.33 bits per heavy atom. The summed E-state index contributed by atoms with van der Waals surface area (Å²) < 4.78 is 0. The Bertz CT molecular complexity index is 216. The van der Waals surface area contributed by atoms with E-state index in [0.717, 1.165) is 5.69 Å². The van der Waals surface area contributed by atoms with Gasteiger partial charge in [0.05, 0.1) is 0 Å². The van der Waals surface area contributed by atoms with E-state index >= 15 is 0 Å². The van der Waals surface area contributed by atoms with Crippen molar-refractivity contribution in [3.8, 4) is 0 Å². The third-order valence-corrected chi connectivity index (χ3v) is 1.75. The molecule has 0 aliphatic carbocycles. The van der Waals surface area contributed by atoms with Crippen molar-refractivity contribution in [2.75, 3.05) is 12.4 Å². The van der Waals surface area contributed by atoms with E-state index in [2.05, 4.69) is 37.4 Å². The first-order valence-electron chi connectivity index (χ1n) is 3.93. The summed E-state index contributed by atoms with van der Waals surface area (Å²) in [4.78, 5) is 0. The van der Waals surface area contributed by atoms with Gasteiger partial charge in [-0.05, 0) is 13.0 Å². The first-order valence-corrected chi connectivity index (χ1v) is 3.93. The monoisotopic (exact) mass is 237 g/mol. The zero-order valence-corrected chi connectivity index (χ0v) is 10.7. The predicted molar refractivity (Wildman–Crippen MR) is 48.9 cm³/mol. The molecule has 0 saturated heterocycles. The fourth-order valence-electron chi connectivity index (χ4n) is 0.951. The van der Waals surface area contributed by atoms with Crippen LogP contribution in [-0.2, 0) is 32.7 Å². The Kier molecular flexibility index (Phi) is 5.77. The van der Waals surface area contributed by atoms with Gasteiger partial charge in [-0.3, -0.25) is 0 Å². The molecule has 63 valence electrons. The molecule has 1 N–H and O–H groups in total. The molecule has 0 atom stereocenters. The second-order valence-corrected chi connectivity index (χ2v) is 2.94. The van der Waals surface area contributed by atoms with Gasteiger partial charge < -0.3 is 5.32 Å². The van der Waals surface area contributed by atoms with Crippen LogP contribution in [0.5, 0.6) is 0 Å². The van der Waals surface area contributed by atoms with Crippen molar-refractivity contribution in [1.82, 2.24) is 0 Å². The number of hydrogen-bond donors (Lipinski definition) is 1. The minimum absolute atomic E-state index is 0. The van der Waals surface area contributed by atoms with Crippen LogP contribution in [0.2, 0.25) is 0 Å². The van der Waals surface area contributed by atoms with E-state index < -0.39 is 0 Å². The van der Waals surface area contributed by atoms with Gasteiger partial charge in [0.25, 0.3) is 0 Å². The van der Waals surface area contributed by atoms with Crippen LogP contribution in [-0.4, -0.2) is 7.05 Å². The number of nitrogens with one attached hydrogen (secondary N) is 1. The Morgan fingerprint density at radius 1 is 1.33 bits per heavy atom. The van der Waals surface area contributed by atoms with Gasteiger partial charge in [0.15, 0.2) is 0 Å². The van der Waals surface area contributed by atoms with Gasteiger partial charge in [0, 0.05) is 32.7 Å². The fraction of sp³-hybridized carbons (Fsp3) is 0.400. The Labute approximate surface area is 99.8 Å². The van der Waals surface area contributed by atoms with Gasteiger partial charge in [-0.1, -0.05) is 19.5 Å². The molecular formula is C10H14NY-. The summed E-state index contributed by atoms with van der Waals surface area (Å²) in [5.41, 5.74) is 2.39. The van der Waals surface area contributed by atoms with Gasteiger partial charge >= 0.3 is 0 Å². The van der Waals surface area contributed by atoms with Crippen molar-refractivity contribution in [1.29, 1.82) is 0 Å². The third kappa shape index (κ3) is 3.24. The molecule has 1 radical (unpaired) electrons. The quantitative estimate of drug-likeness (QED) is 0.779. The topological polar surface area (TPSA) is 12.0 Å². The summed E-state index contributed by atoms with van der Waals surface area (Å²) in [6.07, 6.45) is 0. The number of benzene rings is 1. The van der Waals surface area contributed by atoms with Crippen LogP contribution < -0.4 is 5.32 Å². The minimum Gasteiger partial charge on any atom is -0.439 e. The van der Waals surface area contributed by atoms with Crippen molar-refractivity contribution in [3.05, 3.63) is 29.8 Å². The molecule has 1 rings (SSSR count). The SMILES string of the molecule is CNc1c[c-]c(C(C)C)cc1.[Y]. The standard InChI is InChI=1S/C10H14N.Y/c1-8(2)9-4-6-10(11-3)7-5-9;/h4,6-8,11H,1-3H3;/q-1;. The Morgan fingerprint density at radius 2 is 2.00 bits per heavy atom. The van der Waals surface area contributed by atoms with E-state index in [9.17, 15) is 0 Å². The van der Waals surface area contributed by atoms with E-state index in [1.54, 1.807) is 0 Å². The first-order chi connectivity index (χ1) is 5.24. The van der Waals surface area contributed by atoms with E-state index in [-0.39, 0.29) is 32.7 Å². The number of rotatable bonds is 2. The van der Waals surface area contributed by atoms with Crippen molar-refractivity contribution in [2.24, 2.45) is 0 Å². The molecule has 0 spiro atoms. The third-order valence-electron chi connectivity index (χ3n) is 1.75. The molecule has 1 nitrogen and oxygen atoms in total. The zero-order chi connectivity index (χ0) is 8.27. The van der Waals surface area contributed by atoms with Gasteiger partial charge in [-0.25, -0.2) is 0 Å². The van der Waals surface area contributed by atoms with Gasteiger partial charge in [0.1, 0.15) is 0 Å². The van der Waals surface area contributed by atoms with Gasteiger partial charge in [-0.2, -0.15) is 23.8 Å². The van der Waals surface area contributed by atoms with E-state index in [4.69, 9.17) is 0 Å². The predicted octanol–water partition coefficient (Wildman–Crippen LogP) is 2.65. The molecule has 1 aromatic rings. The van der Waals surface area contributed by atoms with Gasteiger partial charge in [-0.15, -0.1) is 6.07 Å². The summed E-state index contributed by atoms with van der Waals surface area (Å²) in [6.45, 7) is 4.34. The summed E-state index contributed by atoms with van der Waals surface area (Å²) in [5, 5.41) is 3.06. The summed E-state index contributed by atoms with van der Waals surface area (Å²) in [7, 11) is 1.91. The maximum atomic E-state index is 3.22. The molecule has 0 aliphatic rings. The van der Waals surface area contributed by atoms with E-state index in [1.807, 2.05) is 13.1 Å². The molecule has 0 heterocycles. The Balaban J connectivity index is 0.00000121.